The minimum atomic E-state index is -1.48. The molecule has 0 atom stereocenters. The summed E-state index contributed by atoms with van der Waals surface area (Å²) in [6.07, 6.45) is 1.56. The number of hydrogen-bond acceptors (Lipinski definition) is 3. The van der Waals surface area contributed by atoms with Crippen LogP contribution in [0, 0.1) is 0 Å². The van der Waals surface area contributed by atoms with E-state index in [9.17, 15) is 4.79 Å². The number of carbonyl (C=O) groups is 1. The molecule has 0 aliphatic carbocycles. The van der Waals surface area contributed by atoms with Crippen molar-refractivity contribution in [3.05, 3.63) is 48.0 Å². The van der Waals surface area contributed by atoms with Crippen LogP contribution in [0.2, 0.25) is 0 Å². The van der Waals surface area contributed by atoms with E-state index in [0.717, 1.165) is 5.56 Å². The van der Waals surface area contributed by atoms with Crippen LogP contribution in [-0.4, -0.2) is 23.1 Å². The maximum atomic E-state index is 11.4. The molecule has 4 nitrogen and oxygen atoms in total. The first kappa shape index (κ1) is 13.2. The number of benzene rings is 1. The van der Waals surface area contributed by atoms with Crippen molar-refractivity contribution in [3.63, 3.8) is 0 Å². The van der Waals surface area contributed by atoms with Crippen LogP contribution in [0.4, 0.5) is 5.69 Å². The van der Waals surface area contributed by atoms with E-state index < -0.39 is 7.12 Å². The second-order valence-electron chi connectivity index (χ2n) is 3.63. The van der Waals surface area contributed by atoms with Gasteiger partial charge in [-0.2, -0.15) is 0 Å². The highest BCUT2D eigenvalue weighted by Gasteiger charge is 2.03. The standard InChI is InChI=1S/C12H14BNO3/c1-9(2)12(15)14-11-5-3-4-10(8-11)6-7-13(16)17/h3-8,16-17H,1H2,2H3,(H,14,15). The normalized spacial score (nSPS) is 10.3. The van der Waals surface area contributed by atoms with E-state index in [1.54, 1.807) is 37.3 Å². The fourth-order valence-corrected chi connectivity index (χ4v) is 1.16. The van der Waals surface area contributed by atoms with Crippen molar-refractivity contribution in [1.82, 2.24) is 0 Å². The lowest BCUT2D eigenvalue weighted by Crippen LogP contribution is -2.11. The fraction of sp³-hybridized carbons (Fsp3) is 0.0833. The Kier molecular flexibility index (Phi) is 4.69. The van der Waals surface area contributed by atoms with Crippen molar-refractivity contribution in [2.24, 2.45) is 0 Å². The van der Waals surface area contributed by atoms with Gasteiger partial charge < -0.3 is 15.4 Å². The Balaban J connectivity index is 2.79. The highest BCUT2D eigenvalue weighted by molar-refractivity contribution is 6.48. The molecule has 1 aromatic carbocycles. The Hall–Kier alpha value is -1.85. The van der Waals surface area contributed by atoms with E-state index in [4.69, 9.17) is 10.0 Å². The van der Waals surface area contributed by atoms with Gasteiger partial charge >= 0.3 is 7.12 Å². The minimum Gasteiger partial charge on any atom is -0.424 e. The van der Waals surface area contributed by atoms with Gasteiger partial charge in [0, 0.05) is 11.3 Å². The summed E-state index contributed by atoms with van der Waals surface area (Å²) in [6, 6.07) is 7.01. The van der Waals surface area contributed by atoms with Crippen molar-refractivity contribution >= 4 is 24.8 Å². The van der Waals surface area contributed by atoms with Gasteiger partial charge in [0.05, 0.1) is 0 Å². The second kappa shape index (κ2) is 6.03. The molecule has 0 saturated carbocycles. The number of carbonyl (C=O) groups excluding carboxylic acids is 1. The topological polar surface area (TPSA) is 69.6 Å². The van der Waals surface area contributed by atoms with Gasteiger partial charge in [-0.25, -0.2) is 0 Å². The molecular weight excluding hydrogens is 217 g/mol. The van der Waals surface area contributed by atoms with Gasteiger partial charge in [0.1, 0.15) is 0 Å². The van der Waals surface area contributed by atoms with E-state index in [-0.39, 0.29) is 5.91 Å². The first-order valence-corrected chi connectivity index (χ1v) is 5.10. The van der Waals surface area contributed by atoms with Gasteiger partial charge in [0.15, 0.2) is 0 Å². The molecule has 5 heteroatoms. The molecular formula is C12H14BNO3. The largest absolute Gasteiger partial charge is 0.480 e. The molecule has 1 amide bonds. The molecule has 1 rings (SSSR count). The summed E-state index contributed by atoms with van der Waals surface area (Å²) in [5.41, 5.74) is 1.82. The summed E-state index contributed by atoms with van der Waals surface area (Å²) >= 11 is 0. The summed E-state index contributed by atoms with van der Waals surface area (Å²) in [5.74, 6) is 0.994. The van der Waals surface area contributed by atoms with Crippen LogP contribution in [0.3, 0.4) is 0 Å². The Morgan fingerprint density at radius 1 is 1.47 bits per heavy atom. The summed E-state index contributed by atoms with van der Waals surface area (Å²) in [6.45, 7) is 5.17. The van der Waals surface area contributed by atoms with Crippen LogP contribution in [-0.2, 0) is 4.79 Å². The zero-order valence-corrected chi connectivity index (χ0v) is 9.55. The highest BCUT2D eigenvalue weighted by atomic mass is 16.4. The van der Waals surface area contributed by atoms with Crippen LogP contribution in [0.1, 0.15) is 12.5 Å². The molecule has 3 N–H and O–H groups in total. The summed E-state index contributed by atoms with van der Waals surface area (Å²) in [4.78, 5) is 11.4. The predicted molar refractivity (Wildman–Crippen MR) is 69.1 cm³/mol. The van der Waals surface area contributed by atoms with Gasteiger partial charge in [0.2, 0.25) is 0 Å². The Morgan fingerprint density at radius 3 is 2.76 bits per heavy atom. The van der Waals surface area contributed by atoms with Gasteiger partial charge in [-0.3, -0.25) is 4.79 Å². The number of rotatable bonds is 4. The third-order valence-corrected chi connectivity index (χ3v) is 1.99. The third-order valence-electron chi connectivity index (χ3n) is 1.99. The smallest absolute Gasteiger partial charge is 0.424 e. The average Bonchev–Trinajstić information content (AvgIpc) is 2.26. The van der Waals surface area contributed by atoms with E-state index in [2.05, 4.69) is 11.9 Å². The Labute approximate surface area is 100 Å². The Bertz CT molecular complexity index is 455. The van der Waals surface area contributed by atoms with Crippen LogP contribution >= 0.6 is 0 Å². The maximum absolute atomic E-state index is 11.4. The first-order chi connectivity index (χ1) is 7.99. The van der Waals surface area contributed by atoms with Crippen molar-refractivity contribution in [2.45, 2.75) is 6.92 Å². The molecule has 0 bridgehead atoms. The fourth-order valence-electron chi connectivity index (χ4n) is 1.16. The summed E-state index contributed by atoms with van der Waals surface area (Å²) in [5, 5.41) is 20.0. The van der Waals surface area contributed by atoms with Gasteiger partial charge in [-0.1, -0.05) is 30.8 Å². The molecule has 0 aromatic heterocycles. The van der Waals surface area contributed by atoms with Crippen LogP contribution in [0.25, 0.3) is 6.08 Å². The molecule has 1 aromatic rings. The van der Waals surface area contributed by atoms with E-state index in [1.807, 2.05) is 0 Å². The van der Waals surface area contributed by atoms with E-state index in [1.165, 1.54) is 5.98 Å². The van der Waals surface area contributed by atoms with Crippen LogP contribution < -0.4 is 5.32 Å². The average molecular weight is 231 g/mol. The third kappa shape index (κ3) is 4.67. The number of nitrogens with one attached hydrogen (secondary N) is 1. The molecule has 88 valence electrons. The lowest BCUT2D eigenvalue weighted by atomic mass is 9.91. The number of anilines is 1. The molecule has 0 heterocycles. The SMILES string of the molecule is C=C(C)C(=O)Nc1cccc(C=CB(O)O)c1. The van der Waals surface area contributed by atoms with E-state index in [0.29, 0.717) is 11.3 Å². The monoisotopic (exact) mass is 231 g/mol. The van der Waals surface area contributed by atoms with Crippen molar-refractivity contribution in [2.75, 3.05) is 5.32 Å². The highest BCUT2D eigenvalue weighted by Crippen LogP contribution is 2.12. The van der Waals surface area contributed by atoms with Gasteiger partial charge in [0.25, 0.3) is 5.91 Å². The van der Waals surface area contributed by atoms with Crippen molar-refractivity contribution < 1.29 is 14.8 Å². The lowest BCUT2D eigenvalue weighted by molar-refractivity contribution is -0.112. The van der Waals surface area contributed by atoms with Gasteiger partial charge in [-0.15, -0.1) is 0 Å². The van der Waals surface area contributed by atoms with Crippen LogP contribution in [0.15, 0.2) is 42.4 Å². The maximum Gasteiger partial charge on any atom is 0.480 e. The lowest BCUT2D eigenvalue weighted by Gasteiger charge is -2.05. The number of hydrogen-bond donors (Lipinski definition) is 3. The molecule has 17 heavy (non-hydrogen) atoms. The molecule has 0 radical (unpaired) electrons. The van der Waals surface area contributed by atoms with Crippen molar-refractivity contribution in [1.29, 1.82) is 0 Å². The molecule has 0 unspecified atom stereocenters. The quantitative estimate of drug-likeness (QED) is 0.539. The number of amides is 1. The molecule has 0 fully saturated rings. The minimum absolute atomic E-state index is 0.242. The molecule has 0 saturated heterocycles. The van der Waals surface area contributed by atoms with Crippen molar-refractivity contribution in [3.8, 4) is 0 Å². The summed E-state index contributed by atoms with van der Waals surface area (Å²) in [7, 11) is -1.48. The second-order valence-corrected chi connectivity index (χ2v) is 3.63. The Morgan fingerprint density at radius 2 is 2.18 bits per heavy atom. The van der Waals surface area contributed by atoms with Gasteiger partial charge in [-0.05, 0) is 24.6 Å². The molecule has 0 aliphatic rings. The zero-order valence-electron chi connectivity index (χ0n) is 9.55. The van der Waals surface area contributed by atoms with Crippen LogP contribution in [0.5, 0.6) is 0 Å². The molecule has 0 aliphatic heterocycles. The summed E-state index contributed by atoms with van der Waals surface area (Å²) < 4.78 is 0. The zero-order chi connectivity index (χ0) is 12.8. The van der Waals surface area contributed by atoms with E-state index >= 15 is 0 Å². The predicted octanol–water partition coefficient (Wildman–Crippen LogP) is 1.23. The first-order valence-electron chi connectivity index (χ1n) is 5.10. The molecule has 0 spiro atoms.